The first kappa shape index (κ1) is 10.3. The van der Waals surface area contributed by atoms with Crippen molar-refractivity contribution in [3.63, 3.8) is 0 Å². The highest BCUT2D eigenvalue weighted by molar-refractivity contribution is 14.1. The van der Waals surface area contributed by atoms with Gasteiger partial charge in [0.1, 0.15) is 9.39 Å². The molecule has 0 aromatic carbocycles. The Morgan fingerprint density at radius 1 is 1.50 bits per heavy atom. The van der Waals surface area contributed by atoms with E-state index in [2.05, 4.69) is 20.9 Å². The minimum atomic E-state index is -2.49. The van der Waals surface area contributed by atoms with E-state index in [1.54, 1.807) is 6.07 Å². The highest BCUT2D eigenvalue weighted by atomic mass is 127. The fourth-order valence-electron chi connectivity index (χ4n) is 0.761. The molecule has 0 N–H and O–H groups in total. The minimum Gasteiger partial charge on any atom is -0.241 e. The van der Waals surface area contributed by atoms with Gasteiger partial charge in [0, 0.05) is 5.33 Å². The lowest BCUT2D eigenvalue weighted by Gasteiger charge is -2.02. The monoisotopic (exact) mass is 347 g/mol. The second-order valence-electron chi connectivity index (χ2n) is 2.16. The topological polar surface area (TPSA) is 12.9 Å². The third-order valence-corrected chi connectivity index (χ3v) is 2.45. The molecule has 0 saturated heterocycles. The van der Waals surface area contributed by atoms with E-state index in [0.717, 1.165) is 5.56 Å². The van der Waals surface area contributed by atoms with Crippen LogP contribution in [0.4, 0.5) is 8.78 Å². The highest BCUT2D eigenvalue weighted by Crippen LogP contribution is 2.20. The maximum atomic E-state index is 12.2. The maximum absolute atomic E-state index is 12.2. The first-order chi connectivity index (χ1) is 5.63. The smallest absolute Gasteiger partial charge is 0.241 e. The van der Waals surface area contributed by atoms with Gasteiger partial charge in [-0.15, -0.1) is 0 Å². The van der Waals surface area contributed by atoms with Crippen molar-refractivity contribution in [2.45, 2.75) is 11.8 Å². The molecule has 0 bridgehead atoms. The zero-order valence-corrected chi connectivity index (χ0v) is 9.64. The van der Waals surface area contributed by atoms with Crippen LogP contribution in [0, 0.1) is 3.70 Å². The molecule has 0 aliphatic rings. The van der Waals surface area contributed by atoms with Crippen molar-refractivity contribution in [3.8, 4) is 0 Å². The van der Waals surface area contributed by atoms with Crippen molar-refractivity contribution in [2.75, 3.05) is 0 Å². The predicted molar refractivity (Wildman–Crippen MR) is 54.5 cm³/mol. The SMILES string of the molecule is FC(F)c1cc(CBr)cc(I)n1. The quantitative estimate of drug-likeness (QED) is 0.453. The molecule has 1 nitrogen and oxygen atoms in total. The lowest BCUT2D eigenvalue weighted by molar-refractivity contribution is 0.146. The van der Waals surface area contributed by atoms with E-state index >= 15 is 0 Å². The molecule has 1 aromatic heterocycles. The molecule has 0 fully saturated rings. The number of alkyl halides is 3. The molecule has 1 rings (SSSR count). The van der Waals surface area contributed by atoms with Crippen LogP contribution in [0.15, 0.2) is 12.1 Å². The van der Waals surface area contributed by atoms with Crippen molar-refractivity contribution in [1.82, 2.24) is 4.98 Å². The fourth-order valence-corrected chi connectivity index (χ4v) is 1.76. The Kier molecular flexibility index (Phi) is 3.82. The largest absolute Gasteiger partial charge is 0.280 e. The van der Waals surface area contributed by atoms with E-state index in [9.17, 15) is 8.78 Å². The van der Waals surface area contributed by atoms with Crippen LogP contribution in [0.25, 0.3) is 0 Å². The molecule has 12 heavy (non-hydrogen) atoms. The van der Waals surface area contributed by atoms with Crippen LogP contribution < -0.4 is 0 Å². The minimum absolute atomic E-state index is 0.156. The zero-order valence-electron chi connectivity index (χ0n) is 5.90. The lowest BCUT2D eigenvalue weighted by Crippen LogP contribution is -1.94. The number of hydrogen-bond donors (Lipinski definition) is 0. The van der Waals surface area contributed by atoms with Crippen LogP contribution in [0.5, 0.6) is 0 Å². The summed E-state index contributed by atoms with van der Waals surface area (Å²) in [6, 6.07) is 3.17. The Bertz CT molecular complexity index is 280. The third-order valence-electron chi connectivity index (χ3n) is 1.25. The molecule has 0 spiro atoms. The van der Waals surface area contributed by atoms with Gasteiger partial charge in [-0.25, -0.2) is 13.8 Å². The molecular weight excluding hydrogens is 343 g/mol. The van der Waals surface area contributed by atoms with Gasteiger partial charge in [0.25, 0.3) is 6.43 Å². The van der Waals surface area contributed by atoms with E-state index in [4.69, 9.17) is 0 Å². The van der Waals surface area contributed by atoms with Crippen molar-refractivity contribution in [1.29, 1.82) is 0 Å². The Labute approximate surface area is 90.8 Å². The molecule has 0 aliphatic heterocycles. The summed E-state index contributed by atoms with van der Waals surface area (Å²) in [6.07, 6.45) is -2.49. The Balaban J connectivity index is 3.06. The van der Waals surface area contributed by atoms with E-state index in [1.807, 2.05) is 22.6 Å². The number of nitrogens with zero attached hydrogens (tertiary/aromatic N) is 1. The summed E-state index contributed by atoms with van der Waals surface area (Å²) in [4.78, 5) is 3.70. The second-order valence-corrected chi connectivity index (χ2v) is 3.82. The molecule has 0 aliphatic carbocycles. The van der Waals surface area contributed by atoms with E-state index < -0.39 is 6.43 Å². The predicted octanol–water partition coefficient (Wildman–Crippen LogP) is 3.52. The molecule has 0 amide bonds. The molecular formula is C7H5BrF2IN. The third kappa shape index (κ3) is 2.62. The van der Waals surface area contributed by atoms with Crippen molar-refractivity contribution in [3.05, 3.63) is 27.1 Å². The molecule has 66 valence electrons. The fraction of sp³-hybridized carbons (Fsp3) is 0.286. The van der Waals surface area contributed by atoms with Gasteiger partial charge in [-0.2, -0.15) is 0 Å². The number of halogens is 4. The van der Waals surface area contributed by atoms with Gasteiger partial charge in [-0.1, -0.05) is 15.9 Å². The summed E-state index contributed by atoms with van der Waals surface area (Å²) in [5.41, 5.74) is 0.668. The van der Waals surface area contributed by atoms with Gasteiger partial charge >= 0.3 is 0 Å². The van der Waals surface area contributed by atoms with Crippen molar-refractivity contribution < 1.29 is 8.78 Å². The first-order valence-electron chi connectivity index (χ1n) is 3.14. The van der Waals surface area contributed by atoms with E-state index in [0.29, 0.717) is 9.03 Å². The average Bonchev–Trinajstić information content (AvgIpc) is 2.03. The standard InChI is InChI=1S/C7H5BrF2IN/c8-3-4-1-5(7(9)10)12-6(11)2-4/h1-2,7H,3H2. The van der Waals surface area contributed by atoms with Crippen LogP contribution in [0.3, 0.4) is 0 Å². The van der Waals surface area contributed by atoms with Crippen molar-refractivity contribution in [2.24, 2.45) is 0 Å². The normalized spacial score (nSPS) is 10.8. The molecule has 1 aromatic rings. The van der Waals surface area contributed by atoms with E-state index in [-0.39, 0.29) is 5.69 Å². The lowest BCUT2D eigenvalue weighted by atomic mass is 10.2. The van der Waals surface area contributed by atoms with Gasteiger partial charge in [0.05, 0.1) is 0 Å². The van der Waals surface area contributed by atoms with Crippen molar-refractivity contribution >= 4 is 38.5 Å². The molecule has 5 heteroatoms. The number of pyridine rings is 1. The highest BCUT2D eigenvalue weighted by Gasteiger charge is 2.10. The Hall–Kier alpha value is 0.220. The summed E-state index contributed by atoms with van der Waals surface area (Å²) >= 11 is 5.12. The van der Waals surface area contributed by atoms with Crippen LogP contribution in [-0.4, -0.2) is 4.98 Å². The van der Waals surface area contributed by atoms with Crippen LogP contribution in [-0.2, 0) is 5.33 Å². The summed E-state index contributed by atoms with van der Waals surface area (Å²) in [6.45, 7) is 0. The van der Waals surface area contributed by atoms with Gasteiger partial charge in [-0.3, -0.25) is 0 Å². The van der Waals surface area contributed by atoms with Gasteiger partial charge < -0.3 is 0 Å². The van der Waals surface area contributed by atoms with Gasteiger partial charge in [0.15, 0.2) is 0 Å². The first-order valence-corrected chi connectivity index (χ1v) is 5.34. The Morgan fingerprint density at radius 3 is 2.67 bits per heavy atom. The van der Waals surface area contributed by atoms with Crippen LogP contribution in [0.1, 0.15) is 17.7 Å². The van der Waals surface area contributed by atoms with E-state index in [1.165, 1.54) is 6.07 Å². The average molecular weight is 348 g/mol. The summed E-state index contributed by atoms with van der Waals surface area (Å²) in [5.74, 6) is 0. The molecule has 0 radical (unpaired) electrons. The molecule has 0 unspecified atom stereocenters. The molecule has 0 saturated carbocycles. The molecule has 0 atom stereocenters. The summed E-state index contributed by atoms with van der Waals surface area (Å²) in [7, 11) is 0. The Morgan fingerprint density at radius 2 is 2.17 bits per heavy atom. The van der Waals surface area contributed by atoms with Gasteiger partial charge in [-0.05, 0) is 40.3 Å². The zero-order chi connectivity index (χ0) is 9.14. The summed E-state index contributed by atoms with van der Waals surface area (Å²) < 4.78 is 25.0. The second kappa shape index (κ2) is 4.45. The number of hydrogen-bond acceptors (Lipinski definition) is 1. The number of aromatic nitrogens is 1. The number of rotatable bonds is 2. The van der Waals surface area contributed by atoms with Gasteiger partial charge in [0.2, 0.25) is 0 Å². The van der Waals surface area contributed by atoms with Crippen LogP contribution >= 0.6 is 38.5 Å². The van der Waals surface area contributed by atoms with Crippen LogP contribution in [0.2, 0.25) is 0 Å². The maximum Gasteiger partial charge on any atom is 0.280 e. The summed E-state index contributed by atoms with van der Waals surface area (Å²) in [5, 5.41) is 0.575. The molecule has 1 heterocycles.